The zero-order valence-electron chi connectivity index (χ0n) is 22.3. The van der Waals surface area contributed by atoms with Gasteiger partial charge in [0.25, 0.3) is 0 Å². The molecule has 3 aromatic rings. The first-order valence-electron chi connectivity index (χ1n) is 12.3. The third-order valence-electron chi connectivity index (χ3n) is 6.50. The van der Waals surface area contributed by atoms with Crippen molar-refractivity contribution >= 4 is 27.6 Å². The number of ether oxygens (including phenoxy) is 3. The van der Waals surface area contributed by atoms with Crippen LogP contribution in [0.4, 0.5) is 14.7 Å². The molecule has 0 aliphatic heterocycles. The molecular weight excluding hydrogens is 574 g/mol. The fourth-order valence-electron chi connectivity index (χ4n) is 4.34. The Kier molecular flexibility index (Phi) is 8.99. The van der Waals surface area contributed by atoms with Crippen LogP contribution in [0, 0.1) is 5.92 Å². The van der Waals surface area contributed by atoms with Crippen LogP contribution >= 0.6 is 11.6 Å². The van der Waals surface area contributed by atoms with Crippen LogP contribution in [0.25, 0.3) is 5.69 Å². The van der Waals surface area contributed by atoms with Crippen molar-refractivity contribution in [1.82, 2.24) is 34.7 Å². The molecule has 1 fully saturated rings. The molecule has 218 valence electrons. The van der Waals surface area contributed by atoms with Crippen LogP contribution in [0.3, 0.4) is 0 Å². The van der Waals surface area contributed by atoms with Gasteiger partial charge in [-0.15, -0.1) is 10.2 Å². The topological polar surface area (TPSA) is 156 Å². The van der Waals surface area contributed by atoms with Gasteiger partial charge in [0.05, 0.1) is 25.3 Å². The summed E-state index contributed by atoms with van der Waals surface area (Å²) >= 11 is 5.91. The maximum Gasteiger partial charge on any atom is 0.245 e. The molecule has 3 aromatic heterocycles. The van der Waals surface area contributed by atoms with Gasteiger partial charge in [-0.2, -0.15) is 9.97 Å². The highest BCUT2D eigenvalue weighted by atomic mass is 35.5. The van der Waals surface area contributed by atoms with E-state index in [4.69, 9.17) is 25.8 Å². The molecule has 3 heterocycles. The van der Waals surface area contributed by atoms with Gasteiger partial charge in [0.2, 0.25) is 34.2 Å². The zero-order valence-corrected chi connectivity index (χ0v) is 23.9. The van der Waals surface area contributed by atoms with Crippen LogP contribution in [0.15, 0.2) is 18.7 Å². The number of sulfonamides is 1. The highest BCUT2D eigenvalue weighted by Gasteiger charge is 2.44. The number of aromatic nitrogens is 7. The number of halogens is 3. The average molecular weight is 603 g/mol. The highest BCUT2D eigenvalue weighted by molar-refractivity contribution is 7.93. The molecule has 1 unspecified atom stereocenters. The normalized spacial score (nSPS) is 18.9. The Morgan fingerprint density at radius 3 is 2.15 bits per heavy atom. The summed E-state index contributed by atoms with van der Waals surface area (Å²) in [4.78, 5) is 16.4. The molecule has 0 spiro atoms. The fourth-order valence-corrected chi connectivity index (χ4v) is 5.52. The van der Waals surface area contributed by atoms with Gasteiger partial charge in [0, 0.05) is 24.2 Å². The molecule has 0 bridgehead atoms. The van der Waals surface area contributed by atoms with Crippen molar-refractivity contribution in [2.45, 2.75) is 63.4 Å². The molecule has 0 saturated heterocycles. The van der Waals surface area contributed by atoms with Crippen molar-refractivity contribution in [1.29, 1.82) is 0 Å². The van der Waals surface area contributed by atoms with Crippen molar-refractivity contribution < 1.29 is 31.4 Å². The summed E-state index contributed by atoms with van der Waals surface area (Å²) < 4.78 is 75.2. The number of methoxy groups -OCH3 is 2. The van der Waals surface area contributed by atoms with Crippen molar-refractivity contribution in [3.05, 3.63) is 35.4 Å². The van der Waals surface area contributed by atoms with Gasteiger partial charge in [-0.25, -0.2) is 27.2 Å². The Labute approximate surface area is 234 Å². The van der Waals surface area contributed by atoms with E-state index >= 15 is 0 Å². The zero-order chi connectivity index (χ0) is 29.2. The molecule has 0 radical (unpaired) electrons. The van der Waals surface area contributed by atoms with Crippen molar-refractivity contribution in [3.8, 4) is 17.4 Å². The minimum absolute atomic E-state index is 0.00935. The Balaban J connectivity index is 1.80. The Hall–Kier alpha value is -3.24. The maximum atomic E-state index is 13.7. The molecule has 4 atom stereocenters. The second-order valence-electron chi connectivity index (χ2n) is 9.36. The number of alkyl halides is 2. The monoisotopic (exact) mass is 602 g/mol. The van der Waals surface area contributed by atoms with E-state index in [0.717, 1.165) is 0 Å². The van der Waals surface area contributed by atoms with Crippen molar-refractivity contribution in [3.63, 3.8) is 0 Å². The summed E-state index contributed by atoms with van der Waals surface area (Å²) in [6.07, 6.45) is 0.455. The lowest BCUT2D eigenvalue weighted by Gasteiger charge is -2.35. The first kappa shape index (κ1) is 29.7. The van der Waals surface area contributed by atoms with Crippen LogP contribution in [-0.2, 0) is 14.8 Å². The minimum Gasteiger partial charge on any atom is -0.479 e. The summed E-state index contributed by atoms with van der Waals surface area (Å²) in [5.41, 5.74) is 0.0498. The first-order valence-corrected chi connectivity index (χ1v) is 14.2. The lowest BCUT2D eigenvalue weighted by Crippen LogP contribution is -2.35. The second-order valence-corrected chi connectivity index (χ2v) is 11.8. The fraction of sp³-hybridized carbons (Fsp3) is 0.565. The van der Waals surface area contributed by atoms with Crippen LogP contribution < -0.4 is 14.2 Å². The van der Waals surface area contributed by atoms with E-state index in [-0.39, 0.29) is 52.6 Å². The predicted octanol–water partition coefficient (Wildman–Crippen LogP) is 3.57. The van der Waals surface area contributed by atoms with Crippen LogP contribution in [-0.4, -0.2) is 75.1 Å². The number of nitrogens with zero attached hydrogens (tertiary/aromatic N) is 7. The Morgan fingerprint density at radius 1 is 1.02 bits per heavy atom. The van der Waals surface area contributed by atoms with Gasteiger partial charge in [-0.3, -0.25) is 9.29 Å². The molecule has 40 heavy (non-hydrogen) atoms. The quantitative estimate of drug-likeness (QED) is 0.323. The lowest BCUT2D eigenvalue weighted by atomic mass is 9.73. The van der Waals surface area contributed by atoms with Gasteiger partial charge < -0.3 is 14.2 Å². The van der Waals surface area contributed by atoms with Crippen molar-refractivity contribution in [2.24, 2.45) is 5.92 Å². The highest BCUT2D eigenvalue weighted by Crippen LogP contribution is 2.47. The molecule has 1 N–H and O–H groups in total. The number of hydrogen-bond acceptors (Lipinski definition) is 11. The number of anilines is 1. The van der Waals surface area contributed by atoms with E-state index in [9.17, 15) is 17.2 Å². The molecule has 17 heteroatoms. The van der Waals surface area contributed by atoms with E-state index in [1.54, 1.807) is 13.8 Å². The summed E-state index contributed by atoms with van der Waals surface area (Å²) in [6, 6.07) is 0. The number of hydrogen-bond donors (Lipinski definition) is 1. The van der Waals surface area contributed by atoms with Gasteiger partial charge in [0.1, 0.15) is 23.5 Å². The van der Waals surface area contributed by atoms with Crippen LogP contribution in [0.2, 0.25) is 5.02 Å². The van der Waals surface area contributed by atoms with E-state index < -0.39 is 39.6 Å². The van der Waals surface area contributed by atoms with E-state index in [1.807, 2.05) is 0 Å². The van der Waals surface area contributed by atoms with Gasteiger partial charge in [0.15, 0.2) is 11.5 Å². The average Bonchev–Trinajstić information content (AvgIpc) is 3.26. The number of rotatable bonds is 12. The van der Waals surface area contributed by atoms with Crippen molar-refractivity contribution in [2.75, 3.05) is 18.9 Å². The Morgan fingerprint density at radius 2 is 1.65 bits per heavy atom. The van der Waals surface area contributed by atoms with E-state index in [0.29, 0.717) is 6.42 Å². The van der Waals surface area contributed by atoms with E-state index in [2.05, 4.69) is 34.9 Å². The van der Waals surface area contributed by atoms with Crippen LogP contribution in [0.5, 0.6) is 11.8 Å². The van der Waals surface area contributed by atoms with Crippen LogP contribution in [0.1, 0.15) is 57.3 Å². The SMILES string of the molecule is COc1ncnc(OC)c1-n1c(NS(=O)(=O)[C@@H](C)[C@@H](OC(C)C)c2ncc(Cl)cn2)nnc1[C@@H]1CCC1C(F)F. The van der Waals surface area contributed by atoms with Gasteiger partial charge in [-0.05, 0) is 33.6 Å². The lowest BCUT2D eigenvalue weighted by molar-refractivity contribution is 0.00153. The largest absolute Gasteiger partial charge is 0.479 e. The van der Waals surface area contributed by atoms with E-state index in [1.165, 1.54) is 44.4 Å². The number of nitrogens with one attached hydrogen (secondary N) is 1. The summed E-state index contributed by atoms with van der Waals surface area (Å²) in [5.74, 6) is -1.82. The molecule has 4 rings (SSSR count). The third-order valence-corrected chi connectivity index (χ3v) is 8.39. The molecule has 1 saturated carbocycles. The molecular formula is C23H29ClF2N8O5S. The molecule has 13 nitrogen and oxygen atoms in total. The molecule has 0 aromatic carbocycles. The van der Waals surface area contributed by atoms with Gasteiger partial charge in [-0.1, -0.05) is 11.6 Å². The summed E-state index contributed by atoms with van der Waals surface area (Å²) in [6.45, 7) is 4.90. The molecule has 0 amide bonds. The smallest absolute Gasteiger partial charge is 0.245 e. The van der Waals surface area contributed by atoms with Gasteiger partial charge >= 0.3 is 0 Å². The standard InChI is InChI=1S/C23H29ClF2N8O5S/c1-11(2)39-17(19-27-8-13(24)9-28-19)12(3)40(35,36)33-23-32-31-20(15-7-6-14(15)18(25)26)34(23)16-21(37-4)29-10-30-22(16)38-5/h8-12,14-15,17-18H,6-7H2,1-5H3,(H,32,33)/t12-,14?,15+,17+/m0/s1. The predicted molar refractivity (Wildman–Crippen MR) is 140 cm³/mol. The second kappa shape index (κ2) is 12.1. The third kappa shape index (κ3) is 5.93. The molecule has 1 aliphatic carbocycles. The summed E-state index contributed by atoms with van der Waals surface area (Å²) in [7, 11) is -1.62. The Bertz CT molecular complexity index is 1400. The summed E-state index contributed by atoms with van der Waals surface area (Å²) in [5, 5.41) is 7.17. The first-order chi connectivity index (χ1) is 19.0. The molecule has 1 aliphatic rings. The maximum absolute atomic E-state index is 13.7. The minimum atomic E-state index is -4.30.